The van der Waals surface area contributed by atoms with Crippen molar-refractivity contribution in [3.8, 4) is 0 Å². The van der Waals surface area contributed by atoms with Crippen LogP contribution in [0.4, 0.5) is 4.79 Å². The van der Waals surface area contributed by atoms with Gasteiger partial charge in [0.2, 0.25) is 5.89 Å². The third kappa shape index (κ3) is 2.62. The summed E-state index contributed by atoms with van der Waals surface area (Å²) in [6.45, 7) is 8.00. The Labute approximate surface area is 135 Å². The van der Waals surface area contributed by atoms with Crippen molar-refractivity contribution in [2.45, 2.75) is 70.9 Å². The Morgan fingerprint density at radius 3 is 2.70 bits per heavy atom. The van der Waals surface area contributed by atoms with E-state index in [1.165, 1.54) is 4.90 Å². The van der Waals surface area contributed by atoms with Gasteiger partial charge in [-0.3, -0.25) is 9.69 Å². The van der Waals surface area contributed by atoms with Gasteiger partial charge in [0.25, 0.3) is 5.91 Å². The fourth-order valence-electron chi connectivity index (χ4n) is 3.40. The average molecular weight is 320 g/mol. The number of aromatic nitrogens is 2. The van der Waals surface area contributed by atoms with E-state index in [4.69, 9.17) is 4.52 Å². The highest BCUT2D eigenvalue weighted by Crippen LogP contribution is 2.38. The molecule has 1 saturated heterocycles. The van der Waals surface area contributed by atoms with Crippen LogP contribution in [-0.2, 0) is 16.8 Å². The summed E-state index contributed by atoms with van der Waals surface area (Å²) >= 11 is 0. The van der Waals surface area contributed by atoms with Crippen LogP contribution in [0, 0.1) is 5.92 Å². The molecule has 0 radical (unpaired) electrons. The maximum absolute atomic E-state index is 12.9. The normalized spacial score (nSPS) is 28.5. The molecule has 1 N–H and O–H groups in total. The van der Waals surface area contributed by atoms with Crippen LogP contribution in [0.15, 0.2) is 4.52 Å². The molecular formula is C16H24N4O3. The lowest BCUT2D eigenvalue weighted by molar-refractivity contribution is -0.134. The first-order valence-electron chi connectivity index (χ1n) is 8.21. The average Bonchev–Trinajstić information content (AvgIpc) is 3.02. The van der Waals surface area contributed by atoms with Gasteiger partial charge in [0.1, 0.15) is 5.54 Å². The van der Waals surface area contributed by atoms with Crippen LogP contribution in [0.25, 0.3) is 0 Å². The molecule has 2 heterocycles. The fourth-order valence-corrected chi connectivity index (χ4v) is 3.40. The van der Waals surface area contributed by atoms with E-state index in [0.29, 0.717) is 18.1 Å². The van der Waals surface area contributed by atoms with Crippen LogP contribution in [0.2, 0.25) is 0 Å². The number of carbonyl (C=O) groups is 2. The van der Waals surface area contributed by atoms with Gasteiger partial charge in [0, 0.05) is 5.41 Å². The molecule has 7 nitrogen and oxygen atoms in total. The highest BCUT2D eigenvalue weighted by atomic mass is 16.5. The summed E-state index contributed by atoms with van der Waals surface area (Å²) in [5.41, 5.74) is -1.01. The molecule has 0 bridgehead atoms. The Kier molecular flexibility index (Phi) is 3.69. The van der Waals surface area contributed by atoms with Crippen LogP contribution in [0.3, 0.4) is 0 Å². The maximum Gasteiger partial charge on any atom is 0.325 e. The monoisotopic (exact) mass is 320 g/mol. The van der Waals surface area contributed by atoms with E-state index in [0.717, 1.165) is 19.3 Å². The van der Waals surface area contributed by atoms with Crippen molar-refractivity contribution in [2.24, 2.45) is 5.92 Å². The number of hydrogen-bond acceptors (Lipinski definition) is 5. The number of nitrogens with one attached hydrogen (secondary N) is 1. The van der Waals surface area contributed by atoms with Crippen LogP contribution in [0.1, 0.15) is 65.1 Å². The molecule has 1 aliphatic carbocycles. The van der Waals surface area contributed by atoms with Crippen LogP contribution < -0.4 is 5.32 Å². The van der Waals surface area contributed by atoms with Crippen LogP contribution >= 0.6 is 0 Å². The van der Waals surface area contributed by atoms with Crippen molar-refractivity contribution in [2.75, 3.05) is 0 Å². The van der Waals surface area contributed by atoms with Crippen molar-refractivity contribution in [1.29, 1.82) is 0 Å². The highest BCUT2D eigenvalue weighted by Gasteiger charge is 2.55. The van der Waals surface area contributed by atoms with Gasteiger partial charge in [-0.25, -0.2) is 4.79 Å². The van der Waals surface area contributed by atoms with Crippen molar-refractivity contribution in [3.05, 3.63) is 11.7 Å². The van der Waals surface area contributed by atoms with E-state index in [2.05, 4.69) is 15.5 Å². The van der Waals surface area contributed by atoms with E-state index >= 15 is 0 Å². The first-order valence-corrected chi connectivity index (χ1v) is 8.21. The third-order valence-corrected chi connectivity index (χ3v) is 4.91. The zero-order valence-electron chi connectivity index (χ0n) is 14.2. The molecule has 1 aromatic rings. The Bertz CT molecular complexity index is 634. The van der Waals surface area contributed by atoms with Gasteiger partial charge in [-0.1, -0.05) is 45.7 Å². The van der Waals surface area contributed by atoms with E-state index in [1.807, 2.05) is 27.7 Å². The number of nitrogens with zero attached hydrogens (tertiary/aromatic N) is 3. The molecule has 7 heteroatoms. The Hall–Kier alpha value is -1.92. The molecule has 1 spiro atoms. The number of urea groups is 1. The molecule has 126 valence electrons. The summed E-state index contributed by atoms with van der Waals surface area (Å²) in [5.74, 6) is 0.851. The number of rotatable bonds is 2. The Morgan fingerprint density at radius 1 is 1.35 bits per heavy atom. The molecule has 1 aliphatic heterocycles. The molecule has 0 unspecified atom stereocenters. The summed E-state index contributed by atoms with van der Waals surface area (Å²) in [6, 6.07) is -0.356. The standard InChI is InChI=1S/C16H24N4O3/c1-10-7-5-6-8-16(10)13(21)20(14(22)18-16)9-11-17-12(23-19-11)15(2,3)4/h10H,5-9H2,1-4H3,(H,18,22)/t10-,16-/m1/s1. The van der Waals surface area contributed by atoms with Gasteiger partial charge in [-0.05, 0) is 18.8 Å². The first kappa shape index (κ1) is 16.0. The summed E-state index contributed by atoms with van der Waals surface area (Å²) in [6.07, 6.45) is 3.72. The predicted molar refractivity (Wildman–Crippen MR) is 82.4 cm³/mol. The lowest BCUT2D eigenvalue weighted by Gasteiger charge is -2.36. The molecule has 2 fully saturated rings. The molecule has 2 atom stereocenters. The lowest BCUT2D eigenvalue weighted by Crippen LogP contribution is -2.53. The third-order valence-electron chi connectivity index (χ3n) is 4.91. The van der Waals surface area contributed by atoms with Gasteiger partial charge >= 0.3 is 6.03 Å². The minimum absolute atomic E-state index is 0.0543. The van der Waals surface area contributed by atoms with Crippen LogP contribution in [0.5, 0.6) is 0 Å². The summed E-state index contributed by atoms with van der Waals surface area (Å²) in [7, 11) is 0. The Balaban J connectivity index is 1.80. The molecule has 2 aliphatic rings. The van der Waals surface area contributed by atoms with Gasteiger partial charge in [0.05, 0.1) is 6.54 Å². The van der Waals surface area contributed by atoms with E-state index in [1.54, 1.807) is 0 Å². The second kappa shape index (κ2) is 5.32. The number of carbonyl (C=O) groups excluding carboxylic acids is 2. The van der Waals surface area contributed by atoms with Crippen LogP contribution in [-0.4, -0.2) is 32.5 Å². The molecule has 3 rings (SSSR count). The summed E-state index contributed by atoms with van der Waals surface area (Å²) in [5, 5.41) is 6.84. The SMILES string of the molecule is C[C@@H]1CCCC[C@@]12NC(=O)N(Cc1noc(C(C)(C)C)n1)C2=O. The van der Waals surface area contributed by atoms with Crippen molar-refractivity contribution < 1.29 is 14.1 Å². The number of amides is 3. The minimum Gasteiger partial charge on any atom is -0.339 e. The molecule has 23 heavy (non-hydrogen) atoms. The topological polar surface area (TPSA) is 88.3 Å². The zero-order chi connectivity index (χ0) is 16.8. The smallest absolute Gasteiger partial charge is 0.325 e. The molecule has 0 aromatic carbocycles. The van der Waals surface area contributed by atoms with Crippen molar-refractivity contribution >= 4 is 11.9 Å². The Morgan fingerprint density at radius 2 is 2.09 bits per heavy atom. The fraction of sp³-hybridized carbons (Fsp3) is 0.750. The largest absolute Gasteiger partial charge is 0.339 e. The van der Waals surface area contributed by atoms with Gasteiger partial charge in [-0.2, -0.15) is 4.98 Å². The zero-order valence-corrected chi connectivity index (χ0v) is 14.2. The van der Waals surface area contributed by atoms with E-state index in [-0.39, 0.29) is 29.8 Å². The highest BCUT2D eigenvalue weighted by molar-refractivity contribution is 6.07. The van der Waals surface area contributed by atoms with E-state index in [9.17, 15) is 9.59 Å². The number of imide groups is 1. The lowest BCUT2D eigenvalue weighted by atomic mass is 9.73. The summed E-state index contributed by atoms with van der Waals surface area (Å²) < 4.78 is 5.24. The van der Waals surface area contributed by atoms with E-state index < -0.39 is 5.54 Å². The first-order chi connectivity index (χ1) is 10.7. The predicted octanol–water partition coefficient (Wildman–Crippen LogP) is 2.37. The van der Waals surface area contributed by atoms with Gasteiger partial charge in [-0.15, -0.1) is 0 Å². The molecular weight excluding hydrogens is 296 g/mol. The van der Waals surface area contributed by atoms with Gasteiger partial charge < -0.3 is 9.84 Å². The van der Waals surface area contributed by atoms with Gasteiger partial charge in [0.15, 0.2) is 5.82 Å². The molecule has 1 saturated carbocycles. The van der Waals surface area contributed by atoms with Crippen molar-refractivity contribution in [1.82, 2.24) is 20.4 Å². The quantitative estimate of drug-likeness (QED) is 0.845. The number of hydrogen-bond donors (Lipinski definition) is 1. The minimum atomic E-state index is -0.744. The van der Waals surface area contributed by atoms with Crippen molar-refractivity contribution in [3.63, 3.8) is 0 Å². The second-order valence-electron chi connectivity index (χ2n) is 7.71. The second-order valence-corrected chi connectivity index (χ2v) is 7.71. The maximum atomic E-state index is 12.9. The molecule has 3 amide bonds. The molecule has 1 aromatic heterocycles. The summed E-state index contributed by atoms with van der Waals surface area (Å²) in [4.78, 5) is 30.7.